The highest BCUT2D eigenvalue weighted by Gasteiger charge is 2.40. The second-order valence-electron chi connectivity index (χ2n) is 6.38. The number of alkyl halides is 1. The molecule has 0 aromatic heterocycles. The average molecular weight is 347 g/mol. The van der Waals surface area contributed by atoms with E-state index in [2.05, 4.69) is 79.2 Å². The van der Waals surface area contributed by atoms with Crippen molar-refractivity contribution in [1.82, 2.24) is 0 Å². The second kappa shape index (κ2) is 6.10. The standard InChI is InChI=1S/C19H23BrO/c1-12-13(2)21-14(3)19(12)18(20)11-15-8-9-16-6-4-5-7-17(16)10-15/h4-10,12-14,18-19H,11H2,1-3H3. The van der Waals surface area contributed by atoms with Crippen LogP contribution in [-0.4, -0.2) is 17.0 Å². The summed E-state index contributed by atoms with van der Waals surface area (Å²) < 4.78 is 5.99. The van der Waals surface area contributed by atoms with Gasteiger partial charge in [-0.15, -0.1) is 0 Å². The summed E-state index contributed by atoms with van der Waals surface area (Å²) in [6, 6.07) is 15.4. The number of halogens is 1. The average Bonchev–Trinajstić information content (AvgIpc) is 2.72. The molecule has 5 atom stereocenters. The molecular weight excluding hydrogens is 324 g/mol. The van der Waals surface area contributed by atoms with Gasteiger partial charge in [0.1, 0.15) is 0 Å². The molecular formula is C19H23BrO. The summed E-state index contributed by atoms with van der Waals surface area (Å²) in [5.41, 5.74) is 1.40. The quantitative estimate of drug-likeness (QED) is 0.693. The fourth-order valence-corrected chi connectivity index (χ4v) is 4.93. The largest absolute Gasteiger partial charge is 0.375 e. The van der Waals surface area contributed by atoms with Gasteiger partial charge in [0.05, 0.1) is 12.2 Å². The van der Waals surface area contributed by atoms with Gasteiger partial charge < -0.3 is 4.74 Å². The zero-order valence-electron chi connectivity index (χ0n) is 12.9. The van der Waals surface area contributed by atoms with Gasteiger partial charge in [-0.05, 0) is 42.5 Å². The van der Waals surface area contributed by atoms with E-state index in [1.165, 1.54) is 16.3 Å². The lowest BCUT2D eigenvalue weighted by atomic mass is 9.84. The first-order valence-corrected chi connectivity index (χ1v) is 8.75. The zero-order valence-corrected chi connectivity index (χ0v) is 14.5. The summed E-state index contributed by atoms with van der Waals surface area (Å²) in [4.78, 5) is 0.466. The molecule has 0 radical (unpaired) electrons. The van der Waals surface area contributed by atoms with Crippen molar-refractivity contribution >= 4 is 26.7 Å². The molecule has 1 fully saturated rings. The van der Waals surface area contributed by atoms with Gasteiger partial charge in [0, 0.05) is 10.7 Å². The molecule has 1 aliphatic heterocycles. The van der Waals surface area contributed by atoms with Gasteiger partial charge in [-0.1, -0.05) is 65.3 Å². The number of fused-ring (bicyclic) bond motifs is 1. The molecule has 0 saturated carbocycles. The van der Waals surface area contributed by atoms with Gasteiger partial charge in [-0.2, -0.15) is 0 Å². The Morgan fingerprint density at radius 1 is 1.00 bits per heavy atom. The normalized spacial score (nSPS) is 30.7. The molecule has 0 N–H and O–H groups in total. The minimum absolute atomic E-state index is 0.333. The summed E-state index contributed by atoms with van der Waals surface area (Å²) in [6.07, 6.45) is 1.75. The molecule has 2 heteroatoms. The summed E-state index contributed by atoms with van der Waals surface area (Å²) in [5, 5.41) is 2.64. The van der Waals surface area contributed by atoms with Gasteiger partial charge in [-0.3, -0.25) is 0 Å². The third-order valence-corrected chi connectivity index (χ3v) is 5.92. The zero-order chi connectivity index (χ0) is 15.0. The van der Waals surface area contributed by atoms with E-state index in [0.29, 0.717) is 28.9 Å². The Bertz CT molecular complexity index is 624. The summed E-state index contributed by atoms with van der Waals surface area (Å²) in [7, 11) is 0. The maximum absolute atomic E-state index is 5.99. The number of hydrogen-bond acceptors (Lipinski definition) is 1. The Kier molecular flexibility index (Phi) is 4.37. The van der Waals surface area contributed by atoms with E-state index in [-0.39, 0.29) is 0 Å². The summed E-state index contributed by atoms with van der Waals surface area (Å²) >= 11 is 3.93. The van der Waals surface area contributed by atoms with Crippen LogP contribution < -0.4 is 0 Å². The van der Waals surface area contributed by atoms with E-state index in [0.717, 1.165) is 6.42 Å². The van der Waals surface area contributed by atoms with Crippen molar-refractivity contribution in [3.63, 3.8) is 0 Å². The molecule has 2 aromatic rings. The molecule has 0 amide bonds. The molecule has 1 nitrogen and oxygen atoms in total. The number of benzene rings is 2. The Labute approximate surface area is 135 Å². The number of rotatable bonds is 3. The van der Waals surface area contributed by atoms with Gasteiger partial charge in [0.25, 0.3) is 0 Å². The van der Waals surface area contributed by atoms with Crippen LogP contribution in [0.25, 0.3) is 10.8 Å². The lowest BCUT2D eigenvalue weighted by Gasteiger charge is -2.24. The third-order valence-electron chi connectivity index (χ3n) is 4.98. The highest BCUT2D eigenvalue weighted by Crippen LogP contribution is 2.38. The van der Waals surface area contributed by atoms with Gasteiger partial charge in [0.15, 0.2) is 0 Å². The van der Waals surface area contributed by atoms with Crippen molar-refractivity contribution in [2.75, 3.05) is 0 Å². The first-order chi connectivity index (χ1) is 10.1. The Morgan fingerprint density at radius 2 is 1.71 bits per heavy atom. The summed E-state index contributed by atoms with van der Waals surface area (Å²) in [6.45, 7) is 6.71. The third kappa shape index (κ3) is 3.02. The molecule has 1 saturated heterocycles. The van der Waals surface area contributed by atoms with E-state index in [1.54, 1.807) is 0 Å². The Morgan fingerprint density at radius 3 is 2.38 bits per heavy atom. The number of ether oxygens (including phenoxy) is 1. The van der Waals surface area contributed by atoms with Gasteiger partial charge in [0.2, 0.25) is 0 Å². The van der Waals surface area contributed by atoms with Crippen molar-refractivity contribution in [1.29, 1.82) is 0 Å². The smallest absolute Gasteiger partial charge is 0.0593 e. The molecule has 5 unspecified atom stereocenters. The minimum Gasteiger partial charge on any atom is -0.375 e. The van der Waals surface area contributed by atoms with E-state index in [1.807, 2.05) is 0 Å². The van der Waals surface area contributed by atoms with Gasteiger partial charge in [-0.25, -0.2) is 0 Å². The van der Waals surface area contributed by atoms with Crippen molar-refractivity contribution in [3.05, 3.63) is 48.0 Å². The molecule has 21 heavy (non-hydrogen) atoms. The van der Waals surface area contributed by atoms with Crippen LogP contribution in [0.3, 0.4) is 0 Å². The van der Waals surface area contributed by atoms with E-state index < -0.39 is 0 Å². The monoisotopic (exact) mass is 346 g/mol. The minimum atomic E-state index is 0.333. The van der Waals surface area contributed by atoms with Crippen LogP contribution in [-0.2, 0) is 11.2 Å². The van der Waals surface area contributed by atoms with E-state index in [4.69, 9.17) is 4.74 Å². The SMILES string of the molecule is CC1OC(C)C(C(Br)Cc2ccc3ccccc3c2)C1C. The van der Waals surface area contributed by atoms with Gasteiger partial charge >= 0.3 is 0 Å². The van der Waals surface area contributed by atoms with E-state index in [9.17, 15) is 0 Å². The van der Waals surface area contributed by atoms with Crippen molar-refractivity contribution in [2.24, 2.45) is 11.8 Å². The topological polar surface area (TPSA) is 9.23 Å². The van der Waals surface area contributed by atoms with Crippen LogP contribution in [0.5, 0.6) is 0 Å². The van der Waals surface area contributed by atoms with Crippen LogP contribution in [0.2, 0.25) is 0 Å². The van der Waals surface area contributed by atoms with E-state index >= 15 is 0 Å². The van der Waals surface area contributed by atoms with Crippen LogP contribution >= 0.6 is 15.9 Å². The molecule has 0 aliphatic carbocycles. The first-order valence-electron chi connectivity index (χ1n) is 7.83. The molecule has 0 spiro atoms. The predicted molar refractivity (Wildman–Crippen MR) is 93.0 cm³/mol. The lowest BCUT2D eigenvalue weighted by Crippen LogP contribution is -2.28. The molecule has 1 heterocycles. The first kappa shape index (κ1) is 15.1. The lowest BCUT2D eigenvalue weighted by molar-refractivity contribution is 0.0511. The fourth-order valence-electron chi connectivity index (χ4n) is 3.64. The summed E-state index contributed by atoms with van der Waals surface area (Å²) in [5.74, 6) is 1.18. The van der Waals surface area contributed by atoms with Crippen molar-refractivity contribution < 1.29 is 4.74 Å². The molecule has 2 aromatic carbocycles. The maximum atomic E-state index is 5.99. The number of hydrogen-bond donors (Lipinski definition) is 0. The maximum Gasteiger partial charge on any atom is 0.0593 e. The fraction of sp³-hybridized carbons (Fsp3) is 0.474. The predicted octanol–water partition coefficient (Wildman–Crippen LogP) is 5.21. The van der Waals surface area contributed by atoms with Crippen LogP contribution in [0.15, 0.2) is 42.5 Å². The Hall–Kier alpha value is -0.860. The van der Waals surface area contributed by atoms with Crippen LogP contribution in [0.1, 0.15) is 26.3 Å². The highest BCUT2D eigenvalue weighted by molar-refractivity contribution is 9.09. The molecule has 0 bridgehead atoms. The molecule has 112 valence electrons. The van der Waals surface area contributed by atoms with Crippen LogP contribution in [0, 0.1) is 11.8 Å². The van der Waals surface area contributed by atoms with Crippen molar-refractivity contribution in [2.45, 2.75) is 44.2 Å². The second-order valence-corrected chi connectivity index (χ2v) is 7.56. The highest BCUT2D eigenvalue weighted by atomic mass is 79.9. The molecule has 1 aliphatic rings. The van der Waals surface area contributed by atoms with Crippen LogP contribution in [0.4, 0.5) is 0 Å². The Balaban J connectivity index is 1.78. The molecule has 3 rings (SSSR count). The van der Waals surface area contributed by atoms with Crippen molar-refractivity contribution in [3.8, 4) is 0 Å².